The number of hydrogen-bond acceptors (Lipinski definition) is 7. The van der Waals surface area contributed by atoms with Crippen molar-refractivity contribution < 1.29 is 9.47 Å². The van der Waals surface area contributed by atoms with Crippen LogP contribution in [0.3, 0.4) is 0 Å². The van der Waals surface area contributed by atoms with Crippen LogP contribution in [0.25, 0.3) is 22.0 Å². The Hall–Kier alpha value is -3.40. The summed E-state index contributed by atoms with van der Waals surface area (Å²) in [6.45, 7) is 3.99. The van der Waals surface area contributed by atoms with E-state index in [1.54, 1.807) is 38.7 Å². The Morgan fingerprint density at radius 1 is 1.08 bits per heavy atom. The van der Waals surface area contributed by atoms with Crippen molar-refractivity contribution in [3.05, 3.63) is 36.2 Å². The zero-order valence-corrected chi connectivity index (χ0v) is 15.1. The van der Waals surface area contributed by atoms with Gasteiger partial charge in [-0.2, -0.15) is 15.5 Å². The first-order chi connectivity index (χ1) is 12.6. The normalized spacial score (nSPS) is 10.6. The molecule has 2 aromatic heterocycles. The minimum Gasteiger partial charge on any atom is -0.493 e. The minimum absolute atomic E-state index is 0.181. The van der Waals surface area contributed by atoms with Gasteiger partial charge in [0.1, 0.15) is 11.9 Å². The van der Waals surface area contributed by atoms with Gasteiger partial charge in [-0.15, -0.1) is 0 Å². The molecule has 7 nitrogen and oxygen atoms in total. The fourth-order valence-corrected chi connectivity index (χ4v) is 2.70. The van der Waals surface area contributed by atoms with Gasteiger partial charge in [0.2, 0.25) is 0 Å². The quantitative estimate of drug-likeness (QED) is 0.754. The monoisotopic (exact) mass is 349 g/mol. The molecule has 2 heterocycles. The summed E-state index contributed by atoms with van der Waals surface area (Å²) >= 11 is 0. The molecule has 7 heteroatoms. The van der Waals surface area contributed by atoms with Crippen molar-refractivity contribution in [2.45, 2.75) is 19.9 Å². The van der Waals surface area contributed by atoms with Crippen molar-refractivity contribution >= 4 is 16.7 Å². The third kappa shape index (κ3) is 3.22. The minimum atomic E-state index is 0.181. The molecule has 0 aliphatic rings. The summed E-state index contributed by atoms with van der Waals surface area (Å²) in [4.78, 5) is 4.41. The van der Waals surface area contributed by atoms with Gasteiger partial charge in [0.25, 0.3) is 0 Å². The maximum Gasteiger partial charge on any atom is 0.162 e. The van der Waals surface area contributed by atoms with Crippen molar-refractivity contribution in [3.8, 4) is 28.7 Å². The van der Waals surface area contributed by atoms with Crippen LogP contribution in [-0.4, -0.2) is 35.4 Å². The lowest BCUT2D eigenvalue weighted by atomic mass is 10.0. The van der Waals surface area contributed by atoms with Gasteiger partial charge in [0, 0.05) is 34.8 Å². The number of methoxy groups -OCH3 is 2. The Morgan fingerprint density at radius 3 is 2.46 bits per heavy atom. The first-order valence-electron chi connectivity index (χ1n) is 8.11. The largest absolute Gasteiger partial charge is 0.493 e. The van der Waals surface area contributed by atoms with Gasteiger partial charge in [-0.1, -0.05) is 0 Å². The van der Waals surface area contributed by atoms with Gasteiger partial charge in [-0.3, -0.25) is 0 Å². The van der Waals surface area contributed by atoms with Crippen LogP contribution in [0.4, 0.5) is 5.82 Å². The fourth-order valence-electron chi connectivity index (χ4n) is 2.70. The molecule has 0 radical (unpaired) electrons. The van der Waals surface area contributed by atoms with E-state index in [9.17, 15) is 5.26 Å². The summed E-state index contributed by atoms with van der Waals surface area (Å²) in [5.74, 6) is 1.75. The van der Waals surface area contributed by atoms with Crippen molar-refractivity contribution in [1.29, 1.82) is 5.26 Å². The van der Waals surface area contributed by atoms with Crippen molar-refractivity contribution in [2.75, 3.05) is 19.5 Å². The summed E-state index contributed by atoms with van der Waals surface area (Å²) in [5.41, 5.74) is 2.74. The molecule has 1 N–H and O–H groups in total. The van der Waals surface area contributed by atoms with Crippen molar-refractivity contribution in [1.82, 2.24) is 15.2 Å². The summed E-state index contributed by atoms with van der Waals surface area (Å²) < 4.78 is 10.7. The molecule has 3 aromatic rings. The lowest BCUT2D eigenvalue weighted by Gasteiger charge is -2.13. The molecule has 26 heavy (non-hydrogen) atoms. The molecule has 0 fully saturated rings. The molecule has 0 saturated carbocycles. The second kappa shape index (κ2) is 7.23. The van der Waals surface area contributed by atoms with E-state index in [0.717, 1.165) is 16.5 Å². The maximum atomic E-state index is 9.47. The number of hydrogen-bond donors (Lipinski definition) is 1. The van der Waals surface area contributed by atoms with Gasteiger partial charge >= 0.3 is 0 Å². The van der Waals surface area contributed by atoms with Gasteiger partial charge < -0.3 is 14.8 Å². The number of nitriles is 1. The highest BCUT2D eigenvalue weighted by Crippen LogP contribution is 2.36. The molecule has 0 aliphatic heterocycles. The zero-order chi connectivity index (χ0) is 18.7. The number of nitrogens with zero attached hydrogens (tertiary/aromatic N) is 4. The first kappa shape index (κ1) is 17.4. The van der Waals surface area contributed by atoms with Crippen LogP contribution in [0.1, 0.15) is 19.4 Å². The zero-order valence-electron chi connectivity index (χ0n) is 15.1. The third-order valence-corrected chi connectivity index (χ3v) is 3.89. The predicted octanol–water partition coefficient (Wildman–Crippen LogP) is 3.40. The topological polar surface area (TPSA) is 93.0 Å². The molecule has 0 spiro atoms. The second-order valence-electron chi connectivity index (χ2n) is 6.01. The summed E-state index contributed by atoms with van der Waals surface area (Å²) in [7, 11) is 3.16. The number of anilines is 1. The van der Waals surface area contributed by atoms with Gasteiger partial charge in [0.05, 0.1) is 31.5 Å². The molecule has 0 amide bonds. The molecule has 1 aromatic carbocycles. The highest BCUT2D eigenvalue weighted by Gasteiger charge is 2.14. The molecule has 0 atom stereocenters. The molecular weight excluding hydrogens is 330 g/mol. The molecule has 0 saturated heterocycles. The van der Waals surface area contributed by atoms with Crippen molar-refractivity contribution in [2.24, 2.45) is 0 Å². The van der Waals surface area contributed by atoms with E-state index in [4.69, 9.17) is 9.47 Å². The molecule has 132 valence electrons. The Balaban J connectivity index is 2.18. The summed E-state index contributed by atoms with van der Waals surface area (Å²) in [5, 5.41) is 21.7. The van der Waals surface area contributed by atoms with E-state index < -0.39 is 0 Å². The van der Waals surface area contributed by atoms with Crippen LogP contribution in [0, 0.1) is 11.3 Å². The number of nitrogens with one attached hydrogen (secondary N) is 1. The van der Waals surface area contributed by atoms with Crippen LogP contribution in [0.15, 0.2) is 30.6 Å². The molecule has 0 unspecified atom stereocenters. The maximum absolute atomic E-state index is 9.47. The predicted molar refractivity (Wildman–Crippen MR) is 99.3 cm³/mol. The second-order valence-corrected chi connectivity index (χ2v) is 6.01. The fraction of sp³-hybridized carbons (Fsp3) is 0.263. The Kier molecular flexibility index (Phi) is 4.85. The van der Waals surface area contributed by atoms with Crippen LogP contribution in [0.2, 0.25) is 0 Å². The number of aromatic nitrogens is 3. The van der Waals surface area contributed by atoms with E-state index in [-0.39, 0.29) is 6.04 Å². The molecule has 3 rings (SSSR count). The van der Waals surface area contributed by atoms with Crippen LogP contribution < -0.4 is 14.8 Å². The first-order valence-corrected chi connectivity index (χ1v) is 8.11. The van der Waals surface area contributed by atoms with E-state index in [1.807, 2.05) is 19.9 Å². The third-order valence-electron chi connectivity index (χ3n) is 3.89. The van der Waals surface area contributed by atoms with E-state index >= 15 is 0 Å². The lowest BCUT2D eigenvalue weighted by molar-refractivity contribution is 0.356. The van der Waals surface area contributed by atoms with E-state index in [2.05, 4.69) is 26.6 Å². The Morgan fingerprint density at radius 2 is 1.81 bits per heavy atom. The number of benzene rings is 1. The average molecular weight is 349 g/mol. The van der Waals surface area contributed by atoms with E-state index in [1.165, 1.54) is 0 Å². The van der Waals surface area contributed by atoms with E-state index in [0.29, 0.717) is 28.4 Å². The smallest absolute Gasteiger partial charge is 0.162 e. The summed E-state index contributed by atoms with van der Waals surface area (Å²) in [6.07, 6.45) is 3.38. The summed E-state index contributed by atoms with van der Waals surface area (Å²) in [6, 6.07) is 7.80. The number of rotatable bonds is 5. The lowest BCUT2D eigenvalue weighted by Crippen LogP contribution is -2.12. The molecular formula is C19H19N5O2. The van der Waals surface area contributed by atoms with Gasteiger partial charge in [-0.05, 0) is 26.0 Å². The average Bonchev–Trinajstić information content (AvgIpc) is 2.66. The molecule has 0 aliphatic carbocycles. The Bertz CT molecular complexity index is 995. The highest BCUT2D eigenvalue weighted by molar-refractivity contribution is 5.95. The van der Waals surface area contributed by atoms with Gasteiger partial charge in [0.15, 0.2) is 11.5 Å². The number of fused-ring (bicyclic) bond motifs is 1. The Labute approximate surface area is 151 Å². The van der Waals surface area contributed by atoms with Gasteiger partial charge in [-0.25, -0.2) is 4.98 Å². The number of ether oxygens (including phenoxy) is 2. The molecule has 0 bridgehead atoms. The standard InChI is InChI=1S/C19H19N5O2/c1-11(2)23-19-12(8-20)5-13(9-21-19)15-10-22-24-16-7-18(26-4)17(25-3)6-14(15)16/h5-7,9-11H,1-4H3,(H,21,23). The van der Waals surface area contributed by atoms with Crippen LogP contribution in [-0.2, 0) is 0 Å². The number of pyridine rings is 1. The SMILES string of the molecule is COc1cc2nncc(-c3cnc(NC(C)C)c(C#N)c3)c2cc1OC. The van der Waals surface area contributed by atoms with Crippen LogP contribution >= 0.6 is 0 Å². The highest BCUT2D eigenvalue weighted by atomic mass is 16.5. The van der Waals surface area contributed by atoms with Crippen LogP contribution in [0.5, 0.6) is 11.5 Å². The van der Waals surface area contributed by atoms with Crippen molar-refractivity contribution in [3.63, 3.8) is 0 Å².